The molecule has 2 rings (SSSR count). The Hall–Kier alpha value is -0.330. The van der Waals surface area contributed by atoms with Crippen molar-refractivity contribution in [2.75, 3.05) is 0 Å². The van der Waals surface area contributed by atoms with Crippen molar-refractivity contribution in [3.63, 3.8) is 0 Å². The topological polar surface area (TPSA) is 17.1 Å². The van der Waals surface area contributed by atoms with Crippen molar-refractivity contribution in [1.82, 2.24) is 0 Å². The maximum Gasteiger partial charge on any atom is 0.120 e. The summed E-state index contributed by atoms with van der Waals surface area (Å²) in [5.41, 5.74) is 0.972. The Labute approximate surface area is 195 Å². The normalized spacial score (nSPS) is 37.6. The van der Waals surface area contributed by atoms with Crippen molar-refractivity contribution in [2.24, 2.45) is 46.3 Å². The van der Waals surface area contributed by atoms with Gasteiger partial charge in [-0.05, 0) is 78.4 Å². The second kappa shape index (κ2) is 12.2. The van der Waals surface area contributed by atoms with E-state index in [1.807, 2.05) is 0 Å². The number of carbonyl (C=O) groups excluding carboxylic acids is 1. The molecule has 0 aromatic heterocycles. The molecule has 0 aromatic rings. The molecule has 31 heavy (non-hydrogen) atoms. The molecule has 2 saturated carbocycles. The van der Waals surface area contributed by atoms with Gasteiger partial charge in [-0.1, -0.05) is 99.8 Å². The second-order valence-corrected chi connectivity index (χ2v) is 12.4. The highest BCUT2D eigenvalue weighted by molar-refractivity contribution is 5.49. The largest absolute Gasteiger partial charge is 0.303 e. The van der Waals surface area contributed by atoms with Gasteiger partial charge in [-0.3, -0.25) is 0 Å². The van der Waals surface area contributed by atoms with Crippen LogP contribution in [0.5, 0.6) is 0 Å². The molecule has 0 spiro atoms. The Morgan fingerprint density at radius 1 is 0.968 bits per heavy atom. The first kappa shape index (κ1) is 26.9. The first-order valence-electron chi connectivity index (χ1n) is 14.2. The third-order valence-electron chi connectivity index (χ3n) is 11.0. The van der Waals surface area contributed by atoms with Crippen LogP contribution in [0, 0.1) is 46.3 Å². The van der Waals surface area contributed by atoms with Gasteiger partial charge >= 0.3 is 0 Å². The minimum atomic E-state index is 0.460. The number of rotatable bonds is 11. The van der Waals surface area contributed by atoms with Gasteiger partial charge in [0.1, 0.15) is 6.29 Å². The van der Waals surface area contributed by atoms with Crippen molar-refractivity contribution < 1.29 is 4.79 Å². The van der Waals surface area contributed by atoms with E-state index >= 15 is 0 Å². The SMILES string of the molecule is CCCC(CC1CCC(C(C)CCC=O)C1(C)CC)C(C)C1(C)CCCCCCC1C. The molecule has 0 aromatic carbocycles. The van der Waals surface area contributed by atoms with Gasteiger partial charge in [0.05, 0.1) is 0 Å². The zero-order valence-corrected chi connectivity index (χ0v) is 22.3. The summed E-state index contributed by atoms with van der Waals surface area (Å²) in [6.45, 7) is 17.8. The molecule has 0 amide bonds. The average Bonchev–Trinajstić information content (AvgIpc) is 3.08. The van der Waals surface area contributed by atoms with Crippen LogP contribution < -0.4 is 0 Å². The molecular formula is C30H56O. The van der Waals surface area contributed by atoms with Gasteiger partial charge in [0.25, 0.3) is 0 Å². The molecule has 0 bridgehead atoms. The quantitative estimate of drug-likeness (QED) is 0.297. The van der Waals surface area contributed by atoms with Gasteiger partial charge in [0, 0.05) is 6.42 Å². The molecule has 0 saturated heterocycles. The molecule has 2 fully saturated rings. The molecule has 2 aliphatic rings. The van der Waals surface area contributed by atoms with Crippen LogP contribution in [0.2, 0.25) is 0 Å². The molecule has 0 N–H and O–H groups in total. The summed E-state index contributed by atoms with van der Waals surface area (Å²) >= 11 is 0. The summed E-state index contributed by atoms with van der Waals surface area (Å²) in [6.07, 6.45) is 19.9. The van der Waals surface area contributed by atoms with Crippen molar-refractivity contribution >= 4 is 6.29 Å². The predicted molar refractivity (Wildman–Crippen MR) is 136 cm³/mol. The van der Waals surface area contributed by atoms with E-state index in [2.05, 4.69) is 48.5 Å². The maximum atomic E-state index is 11.0. The van der Waals surface area contributed by atoms with Gasteiger partial charge in [0.15, 0.2) is 0 Å². The average molecular weight is 433 g/mol. The van der Waals surface area contributed by atoms with E-state index in [9.17, 15) is 4.79 Å². The molecule has 182 valence electrons. The van der Waals surface area contributed by atoms with Gasteiger partial charge in [-0.2, -0.15) is 0 Å². The lowest BCUT2D eigenvalue weighted by Gasteiger charge is -2.48. The van der Waals surface area contributed by atoms with Crippen LogP contribution in [0.15, 0.2) is 0 Å². The number of hydrogen-bond donors (Lipinski definition) is 0. The summed E-state index contributed by atoms with van der Waals surface area (Å²) in [6, 6.07) is 0. The lowest BCUT2D eigenvalue weighted by molar-refractivity contribution is -0.108. The first-order valence-corrected chi connectivity index (χ1v) is 14.2. The smallest absolute Gasteiger partial charge is 0.120 e. The molecule has 0 heterocycles. The second-order valence-electron chi connectivity index (χ2n) is 12.4. The van der Waals surface area contributed by atoms with Gasteiger partial charge in [-0.15, -0.1) is 0 Å². The first-order chi connectivity index (χ1) is 14.7. The van der Waals surface area contributed by atoms with E-state index in [1.54, 1.807) is 0 Å². The lowest BCUT2D eigenvalue weighted by atomic mass is 9.57. The third-order valence-corrected chi connectivity index (χ3v) is 11.0. The van der Waals surface area contributed by atoms with Crippen molar-refractivity contribution in [2.45, 2.75) is 138 Å². The molecule has 8 unspecified atom stereocenters. The zero-order valence-electron chi connectivity index (χ0n) is 22.3. The van der Waals surface area contributed by atoms with Crippen molar-refractivity contribution in [1.29, 1.82) is 0 Å². The fourth-order valence-corrected chi connectivity index (χ4v) is 8.16. The van der Waals surface area contributed by atoms with Gasteiger partial charge in [0.2, 0.25) is 0 Å². The predicted octanol–water partition coefficient (Wildman–Crippen LogP) is 9.48. The van der Waals surface area contributed by atoms with E-state index in [0.717, 1.165) is 48.7 Å². The minimum absolute atomic E-state index is 0.460. The molecule has 0 aliphatic heterocycles. The molecule has 1 heteroatoms. The van der Waals surface area contributed by atoms with Crippen LogP contribution >= 0.6 is 0 Å². The highest BCUT2D eigenvalue weighted by Crippen LogP contribution is 2.57. The lowest BCUT2D eigenvalue weighted by Crippen LogP contribution is -2.39. The van der Waals surface area contributed by atoms with Crippen LogP contribution in [0.4, 0.5) is 0 Å². The van der Waals surface area contributed by atoms with E-state index in [-0.39, 0.29) is 0 Å². The van der Waals surface area contributed by atoms with E-state index in [0.29, 0.717) is 16.7 Å². The Morgan fingerprint density at radius 3 is 2.32 bits per heavy atom. The molecule has 1 nitrogen and oxygen atoms in total. The van der Waals surface area contributed by atoms with Crippen LogP contribution in [-0.2, 0) is 4.79 Å². The van der Waals surface area contributed by atoms with E-state index < -0.39 is 0 Å². The fraction of sp³-hybridized carbons (Fsp3) is 0.967. The summed E-state index contributed by atoms with van der Waals surface area (Å²) < 4.78 is 0. The summed E-state index contributed by atoms with van der Waals surface area (Å²) in [4.78, 5) is 11.0. The van der Waals surface area contributed by atoms with Crippen molar-refractivity contribution in [3.8, 4) is 0 Å². The van der Waals surface area contributed by atoms with Gasteiger partial charge in [-0.25, -0.2) is 0 Å². The molecule has 0 radical (unpaired) electrons. The number of carbonyl (C=O) groups is 1. The highest BCUT2D eigenvalue weighted by Gasteiger charge is 2.49. The monoisotopic (exact) mass is 432 g/mol. The molecular weight excluding hydrogens is 376 g/mol. The van der Waals surface area contributed by atoms with Crippen molar-refractivity contribution in [3.05, 3.63) is 0 Å². The van der Waals surface area contributed by atoms with E-state index in [1.165, 1.54) is 77.0 Å². The molecule has 2 aliphatic carbocycles. The Morgan fingerprint density at radius 2 is 1.68 bits per heavy atom. The Bertz CT molecular complexity index is 527. The third kappa shape index (κ3) is 6.17. The van der Waals surface area contributed by atoms with Crippen LogP contribution in [0.3, 0.4) is 0 Å². The Balaban J connectivity index is 2.18. The van der Waals surface area contributed by atoms with E-state index in [4.69, 9.17) is 0 Å². The Kier molecular flexibility index (Phi) is 10.6. The highest BCUT2D eigenvalue weighted by atomic mass is 16.1. The standard InChI is InChI=1S/C30H56O/c1-8-15-26(25(5)30(7)20-13-11-10-12-17-24(30)4)22-27-18-19-28(29(27,6)9-2)23(3)16-14-21-31/h21,23-28H,8-20,22H2,1-7H3. The van der Waals surface area contributed by atoms with Crippen LogP contribution in [0.25, 0.3) is 0 Å². The maximum absolute atomic E-state index is 11.0. The number of hydrogen-bond acceptors (Lipinski definition) is 1. The summed E-state index contributed by atoms with van der Waals surface area (Å²) in [5.74, 6) is 4.92. The number of aldehydes is 1. The summed E-state index contributed by atoms with van der Waals surface area (Å²) in [5, 5.41) is 0. The molecule has 8 atom stereocenters. The van der Waals surface area contributed by atoms with Crippen LogP contribution in [0.1, 0.15) is 138 Å². The minimum Gasteiger partial charge on any atom is -0.303 e. The summed E-state index contributed by atoms with van der Waals surface area (Å²) in [7, 11) is 0. The van der Waals surface area contributed by atoms with Crippen LogP contribution in [-0.4, -0.2) is 6.29 Å². The zero-order chi connectivity index (χ0) is 23.1. The van der Waals surface area contributed by atoms with Gasteiger partial charge < -0.3 is 4.79 Å². The fourth-order valence-electron chi connectivity index (χ4n) is 8.16.